The summed E-state index contributed by atoms with van der Waals surface area (Å²) >= 11 is 0. The van der Waals surface area contributed by atoms with E-state index in [2.05, 4.69) is 10.0 Å². The van der Waals surface area contributed by atoms with Gasteiger partial charge >= 0.3 is 0 Å². The van der Waals surface area contributed by atoms with Crippen molar-refractivity contribution in [1.82, 2.24) is 10.0 Å². The van der Waals surface area contributed by atoms with Crippen molar-refractivity contribution in [3.8, 4) is 0 Å². The van der Waals surface area contributed by atoms with E-state index in [1.54, 1.807) is 6.92 Å². The first-order chi connectivity index (χ1) is 10.4. The van der Waals surface area contributed by atoms with E-state index in [1.807, 2.05) is 13.8 Å². The van der Waals surface area contributed by atoms with Crippen LogP contribution in [0.15, 0.2) is 29.2 Å². The minimum absolute atomic E-state index is 0.149. The summed E-state index contributed by atoms with van der Waals surface area (Å²) in [6.07, 6.45) is 0.915. The van der Waals surface area contributed by atoms with Gasteiger partial charge in [-0.2, -0.15) is 0 Å². The van der Waals surface area contributed by atoms with E-state index >= 15 is 0 Å². The second-order valence-electron chi connectivity index (χ2n) is 5.05. The topological polar surface area (TPSA) is 84.5 Å². The summed E-state index contributed by atoms with van der Waals surface area (Å²) in [5.41, 5.74) is 0.431. The van der Waals surface area contributed by atoms with Crippen molar-refractivity contribution < 1.29 is 17.9 Å². The number of carbonyl (C=O) groups is 1. The molecule has 0 saturated carbocycles. The molecule has 7 heteroatoms. The van der Waals surface area contributed by atoms with Crippen LogP contribution in [-0.2, 0) is 14.8 Å². The molecule has 1 amide bonds. The van der Waals surface area contributed by atoms with Crippen molar-refractivity contribution in [2.45, 2.75) is 38.2 Å². The number of rotatable bonds is 9. The standard InChI is InChI=1S/C15H24N2O4S/c1-4-17-22(19,20)14-8-6-13(7-9-14)15(18)16-10-5-11-21-12(2)3/h6-9,12,17H,4-5,10-11H2,1-3H3,(H,16,18). The van der Waals surface area contributed by atoms with Crippen LogP contribution in [0.5, 0.6) is 0 Å². The van der Waals surface area contributed by atoms with Gasteiger partial charge < -0.3 is 10.1 Å². The molecule has 0 radical (unpaired) electrons. The van der Waals surface area contributed by atoms with Gasteiger partial charge in [-0.15, -0.1) is 0 Å². The maximum Gasteiger partial charge on any atom is 0.251 e. The molecule has 0 aromatic heterocycles. The zero-order valence-electron chi connectivity index (χ0n) is 13.3. The summed E-state index contributed by atoms with van der Waals surface area (Å²) < 4.78 is 31.4. The Hall–Kier alpha value is -1.44. The lowest BCUT2D eigenvalue weighted by Crippen LogP contribution is -2.26. The summed E-state index contributed by atoms with van der Waals surface area (Å²) in [5, 5.41) is 2.77. The molecule has 0 aliphatic rings. The van der Waals surface area contributed by atoms with Gasteiger partial charge in [-0.1, -0.05) is 6.92 Å². The van der Waals surface area contributed by atoms with Crippen LogP contribution in [0.2, 0.25) is 0 Å². The fraction of sp³-hybridized carbons (Fsp3) is 0.533. The minimum Gasteiger partial charge on any atom is -0.379 e. The predicted octanol–water partition coefficient (Wildman–Crippen LogP) is 1.53. The number of nitrogens with one attached hydrogen (secondary N) is 2. The molecule has 22 heavy (non-hydrogen) atoms. The number of benzene rings is 1. The molecule has 0 spiro atoms. The van der Waals surface area contributed by atoms with Crippen LogP contribution in [0.1, 0.15) is 37.6 Å². The molecule has 124 valence electrons. The number of carbonyl (C=O) groups excluding carboxylic acids is 1. The molecule has 1 rings (SSSR count). The monoisotopic (exact) mass is 328 g/mol. The first-order valence-corrected chi connectivity index (χ1v) is 8.84. The third kappa shape index (κ3) is 6.13. The van der Waals surface area contributed by atoms with Crippen molar-refractivity contribution >= 4 is 15.9 Å². The third-order valence-electron chi connectivity index (χ3n) is 2.82. The number of sulfonamides is 1. The van der Waals surface area contributed by atoms with Crippen molar-refractivity contribution in [2.24, 2.45) is 0 Å². The van der Waals surface area contributed by atoms with E-state index in [4.69, 9.17) is 4.74 Å². The van der Waals surface area contributed by atoms with E-state index in [0.29, 0.717) is 25.3 Å². The average molecular weight is 328 g/mol. The van der Waals surface area contributed by atoms with Gasteiger partial charge in [-0.3, -0.25) is 4.79 Å². The summed E-state index contributed by atoms with van der Waals surface area (Å²) in [5.74, 6) is -0.225. The number of amides is 1. The molecule has 0 heterocycles. The van der Waals surface area contributed by atoms with Crippen LogP contribution in [0, 0.1) is 0 Å². The summed E-state index contributed by atoms with van der Waals surface area (Å²) in [6, 6.07) is 5.86. The second kappa shape index (κ2) is 8.87. The zero-order chi connectivity index (χ0) is 16.6. The lowest BCUT2D eigenvalue weighted by atomic mass is 10.2. The quantitative estimate of drug-likeness (QED) is 0.673. The summed E-state index contributed by atoms with van der Waals surface area (Å²) in [4.78, 5) is 12.1. The van der Waals surface area contributed by atoms with E-state index < -0.39 is 10.0 Å². The maximum atomic E-state index is 11.9. The van der Waals surface area contributed by atoms with Gasteiger partial charge in [0.25, 0.3) is 5.91 Å². The molecular weight excluding hydrogens is 304 g/mol. The van der Waals surface area contributed by atoms with Gasteiger partial charge in [-0.25, -0.2) is 13.1 Å². The molecule has 0 aliphatic heterocycles. The normalized spacial score (nSPS) is 11.6. The van der Waals surface area contributed by atoms with Crippen molar-refractivity contribution in [2.75, 3.05) is 19.7 Å². The van der Waals surface area contributed by atoms with Gasteiger partial charge in [0.1, 0.15) is 0 Å². The Morgan fingerprint density at radius 1 is 1.23 bits per heavy atom. The third-order valence-corrected chi connectivity index (χ3v) is 4.38. The second-order valence-corrected chi connectivity index (χ2v) is 6.82. The smallest absolute Gasteiger partial charge is 0.251 e. The van der Waals surface area contributed by atoms with Crippen LogP contribution < -0.4 is 10.0 Å². The van der Waals surface area contributed by atoms with Crippen molar-refractivity contribution in [3.63, 3.8) is 0 Å². The van der Waals surface area contributed by atoms with E-state index in [-0.39, 0.29) is 16.9 Å². The first kappa shape index (κ1) is 18.6. The van der Waals surface area contributed by atoms with Crippen LogP contribution in [0.4, 0.5) is 0 Å². The minimum atomic E-state index is -3.48. The molecule has 0 saturated heterocycles. The number of ether oxygens (including phenoxy) is 1. The summed E-state index contributed by atoms with van der Waals surface area (Å²) in [6.45, 7) is 7.06. The SMILES string of the molecule is CCNS(=O)(=O)c1ccc(C(=O)NCCCOC(C)C)cc1. The van der Waals surface area contributed by atoms with Gasteiger partial charge in [0.15, 0.2) is 0 Å². The fourth-order valence-electron chi connectivity index (χ4n) is 1.75. The van der Waals surface area contributed by atoms with Gasteiger partial charge in [0.2, 0.25) is 10.0 Å². The van der Waals surface area contributed by atoms with E-state index in [0.717, 1.165) is 6.42 Å². The molecule has 0 aliphatic carbocycles. The molecule has 0 fully saturated rings. The van der Waals surface area contributed by atoms with Crippen molar-refractivity contribution in [3.05, 3.63) is 29.8 Å². The fourth-order valence-corrected chi connectivity index (χ4v) is 2.80. The first-order valence-electron chi connectivity index (χ1n) is 7.36. The van der Waals surface area contributed by atoms with E-state index in [9.17, 15) is 13.2 Å². The van der Waals surface area contributed by atoms with Gasteiger partial charge in [0, 0.05) is 25.3 Å². The molecule has 1 aromatic rings. The highest BCUT2D eigenvalue weighted by molar-refractivity contribution is 7.89. The lowest BCUT2D eigenvalue weighted by molar-refractivity contribution is 0.0757. The molecule has 0 unspecified atom stereocenters. The number of hydrogen-bond donors (Lipinski definition) is 2. The zero-order valence-corrected chi connectivity index (χ0v) is 14.1. The molecule has 1 aromatic carbocycles. The number of hydrogen-bond acceptors (Lipinski definition) is 4. The Balaban J connectivity index is 2.51. The van der Waals surface area contributed by atoms with Crippen molar-refractivity contribution in [1.29, 1.82) is 0 Å². The Bertz CT molecular complexity index is 568. The van der Waals surface area contributed by atoms with Gasteiger partial charge in [-0.05, 0) is 44.5 Å². The van der Waals surface area contributed by atoms with Gasteiger partial charge in [0.05, 0.1) is 11.0 Å². The van der Waals surface area contributed by atoms with Crippen LogP contribution in [-0.4, -0.2) is 40.1 Å². The van der Waals surface area contributed by atoms with E-state index in [1.165, 1.54) is 24.3 Å². The Labute approximate surface area is 132 Å². The molecule has 0 bridgehead atoms. The maximum absolute atomic E-state index is 11.9. The molecule has 6 nitrogen and oxygen atoms in total. The largest absolute Gasteiger partial charge is 0.379 e. The Kier molecular flexibility index (Phi) is 7.50. The Morgan fingerprint density at radius 3 is 2.41 bits per heavy atom. The molecular formula is C15H24N2O4S. The van der Waals surface area contributed by atoms with Crippen LogP contribution >= 0.6 is 0 Å². The van der Waals surface area contributed by atoms with Crippen LogP contribution in [0.25, 0.3) is 0 Å². The highest BCUT2D eigenvalue weighted by atomic mass is 32.2. The highest BCUT2D eigenvalue weighted by Gasteiger charge is 2.13. The Morgan fingerprint density at radius 2 is 1.86 bits per heavy atom. The predicted molar refractivity (Wildman–Crippen MR) is 85.3 cm³/mol. The average Bonchev–Trinajstić information content (AvgIpc) is 2.46. The molecule has 0 atom stereocenters. The summed E-state index contributed by atoms with van der Waals surface area (Å²) in [7, 11) is -3.48. The molecule has 2 N–H and O–H groups in total. The lowest BCUT2D eigenvalue weighted by Gasteiger charge is -2.09. The van der Waals surface area contributed by atoms with Crippen LogP contribution in [0.3, 0.4) is 0 Å². The highest BCUT2D eigenvalue weighted by Crippen LogP contribution is 2.10.